The van der Waals surface area contributed by atoms with Gasteiger partial charge in [0.2, 0.25) is 10.6 Å². The van der Waals surface area contributed by atoms with Gasteiger partial charge < -0.3 is 0 Å². The van der Waals surface area contributed by atoms with E-state index < -0.39 is 0 Å². The van der Waals surface area contributed by atoms with Gasteiger partial charge in [-0.2, -0.15) is 28.5 Å². The molecular weight excluding hydrogens is 473 g/mol. The van der Waals surface area contributed by atoms with E-state index in [9.17, 15) is 0 Å². The third-order valence-electron chi connectivity index (χ3n) is 7.28. The maximum Gasteiger partial charge on any atom is 0.261 e. The fraction of sp³-hybridized carbons (Fsp3) is 0.217. The van der Waals surface area contributed by atoms with Gasteiger partial charge in [-0.3, -0.25) is 0 Å². The molecule has 0 saturated heterocycles. The zero-order valence-corrected chi connectivity index (χ0v) is 19.2. The SMILES string of the molecule is Clc1nc2n(n1)c1nc(Cl)nn1c1nc(-c3cccc4c3-c3ccccc3C43CCCC3)nn21. The van der Waals surface area contributed by atoms with Crippen LogP contribution in [0, 0.1) is 0 Å². The Morgan fingerprint density at radius 1 is 0.647 bits per heavy atom. The first-order chi connectivity index (χ1) is 16.6. The van der Waals surface area contributed by atoms with Crippen LogP contribution in [-0.2, 0) is 5.41 Å². The summed E-state index contributed by atoms with van der Waals surface area (Å²) in [4.78, 5) is 13.5. The van der Waals surface area contributed by atoms with E-state index in [1.54, 1.807) is 4.52 Å². The summed E-state index contributed by atoms with van der Waals surface area (Å²) in [5.41, 5.74) is 6.29. The Labute approximate surface area is 202 Å². The van der Waals surface area contributed by atoms with Crippen molar-refractivity contribution in [3.63, 3.8) is 0 Å². The molecular formula is C23H15Cl2N9. The van der Waals surface area contributed by atoms with E-state index in [1.807, 2.05) is 0 Å². The van der Waals surface area contributed by atoms with Crippen LogP contribution in [-0.4, -0.2) is 43.8 Å². The quantitative estimate of drug-likeness (QED) is 0.335. The molecule has 1 fully saturated rings. The van der Waals surface area contributed by atoms with Crippen LogP contribution in [0.2, 0.25) is 10.6 Å². The molecule has 166 valence electrons. The van der Waals surface area contributed by atoms with Crippen molar-refractivity contribution in [3.05, 3.63) is 64.2 Å². The number of rotatable bonds is 1. The molecule has 2 aliphatic rings. The molecule has 0 N–H and O–H groups in total. The van der Waals surface area contributed by atoms with E-state index in [0.29, 0.717) is 23.2 Å². The molecule has 0 bridgehead atoms. The van der Waals surface area contributed by atoms with Crippen LogP contribution in [0.4, 0.5) is 0 Å². The number of halogens is 2. The van der Waals surface area contributed by atoms with Gasteiger partial charge in [-0.15, -0.1) is 15.3 Å². The summed E-state index contributed by atoms with van der Waals surface area (Å²) in [7, 11) is 0. The molecule has 4 aromatic heterocycles. The van der Waals surface area contributed by atoms with Crippen molar-refractivity contribution >= 4 is 40.5 Å². The van der Waals surface area contributed by atoms with Crippen LogP contribution in [0.5, 0.6) is 0 Å². The molecule has 0 radical (unpaired) electrons. The van der Waals surface area contributed by atoms with Crippen LogP contribution in [0.3, 0.4) is 0 Å². The average Bonchev–Trinajstić information content (AvgIpc) is 3.64. The molecule has 1 spiro atoms. The molecule has 4 heterocycles. The molecule has 0 amide bonds. The minimum Gasteiger partial charge on any atom is -0.189 e. The van der Waals surface area contributed by atoms with Crippen molar-refractivity contribution in [3.8, 4) is 22.5 Å². The maximum atomic E-state index is 6.12. The monoisotopic (exact) mass is 487 g/mol. The van der Waals surface area contributed by atoms with Crippen LogP contribution in [0.1, 0.15) is 36.8 Å². The van der Waals surface area contributed by atoms with Gasteiger partial charge >= 0.3 is 0 Å². The topological polar surface area (TPSA) is 90.6 Å². The summed E-state index contributed by atoms with van der Waals surface area (Å²) >= 11 is 12.2. The molecule has 2 aromatic carbocycles. The molecule has 2 aliphatic carbocycles. The van der Waals surface area contributed by atoms with Crippen LogP contribution in [0.25, 0.3) is 39.8 Å². The van der Waals surface area contributed by atoms with Crippen molar-refractivity contribution in [2.24, 2.45) is 0 Å². The van der Waals surface area contributed by atoms with Crippen molar-refractivity contribution in [1.82, 2.24) is 43.8 Å². The Kier molecular flexibility index (Phi) is 3.49. The van der Waals surface area contributed by atoms with Crippen molar-refractivity contribution in [1.29, 1.82) is 0 Å². The Hall–Kier alpha value is -3.56. The second-order valence-electron chi connectivity index (χ2n) is 8.90. The minimum absolute atomic E-state index is 0.0710. The number of benzene rings is 2. The molecule has 0 atom stereocenters. The second kappa shape index (κ2) is 6.31. The highest BCUT2D eigenvalue weighted by Crippen LogP contribution is 2.58. The first kappa shape index (κ1) is 18.8. The molecule has 9 nitrogen and oxygen atoms in total. The summed E-state index contributed by atoms with van der Waals surface area (Å²) in [6.45, 7) is 0. The van der Waals surface area contributed by atoms with Gasteiger partial charge in [-0.1, -0.05) is 55.3 Å². The lowest BCUT2D eigenvalue weighted by atomic mass is 9.76. The first-order valence-electron chi connectivity index (χ1n) is 11.1. The van der Waals surface area contributed by atoms with E-state index in [-0.39, 0.29) is 16.0 Å². The van der Waals surface area contributed by atoms with Crippen LogP contribution >= 0.6 is 23.2 Å². The molecule has 8 rings (SSSR count). The van der Waals surface area contributed by atoms with Gasteiger partial charge in [-0.05, 0) is 58.3 Å². The third-order valence-corrected chi connectivity index (χ3v) is 7.60. The van der Waals surface area contributed by atoms with E-state index in [1.165, 1.54) is 44.1 Å². The first-order valence-corrected chi connectivity index (χ1v) is 11.9. The summed E-state index contributed by atoms with van der Waals surface area (Å²) < 4.78 is 4.55. The number of fused-ring (bicyclic) bond motifs is 11. The Morgan fingerprint density at radius 2 is 1.24 bits per heavy atom. The van der Waals surface area contributed by atoms with Crippen molar-refractivity contribution in [2.45, 2.75) is 31.1 Å². The van der Waals surface area contributed by atoms with E-state index in [4.69, 9.17) is 33.3 Å². The number of hydrogen-bond donors (Lipinski definition) is 0. The van der Waals surface area contributed by atoms with E-state index >= 15 is 0 Å². The highest BCUT2D eigenvalue weighted by atomic mass is 35.5. The molecule has 34 heavy (non-hydrogen) atoms. The average molecular weight is 488 g/mol. The lowest BCUT2D eigenvalue weighted by Crippen LogP contribution is -2.20. The van der Waals surface area contributed by atoms with Crippen molar-refractivity contribution < 1.29 is 0 Å². The van der Waals surface area contributed by atoms with Gasteiger partial charge in [0.1, 0.15) is 0 Å². The summed E-state index contributed by atoms with van der Waals surface area (Å²) in [6, 6.07) is 15.2. The number of nitrogens with zero attached hydrogens (tertiary/aromatic N) is 9. The predicted molar refractivity (Wildman–Crippen MR) is 126 cm³/mol. The molecule has 11 heteroatoms. The normalized spacial score (nSPS) is 16.3. The zero-order valence-electron chi connectivity index (χ0n) is 17.7. The minimum atomic E-state index is 0.0710. The van der Waals surface area contributed by atoms with Gasteiger partial charge in [0.05, 0.1) is 0 Å². The molecule has 6 aromatic rings. The van der Waals surface area contributed by atoms with Gasteiger partial charge in [0.25, 0.3) is 17.3 Å². The molecule has 0 unspecified atom stereocenters. The number of aromatic nitrogens is 9. The summed E-state index contributed by atoms with van der Waals surface area (Å²) in [6.07, 6.45) is 4.80. The Balaban J connectivity index is 1.47. The summed E-state index contributed by atoms with van der Waals surface area (Å²) in [5.74, 6) is 1.75. The van der Waals surface area contributed by atoms with Gasteiger partial charge in [0, 0.05) is 11.0 Å². The lowest BCUT2D eigenvalue weighted by Gasteiger charge is -2.26. The smallest absolute Gasteiger partial charge is 0.189 e. The fourth-order valence-corrected chi connectivity index (χ4v) is 6.30. The fourth-order valence-electron chi connectivity index (χ4n) is 6.00. The Morgan fingerprint density at radius 3 is 1.97 bits per heavy atom. The standard InChI is InChI=1S/C23H15Cl2N9/c24-18-27-21-32-20(33-22(34(21)31-18)28-19(25)30-33)26-17(29-32)13-7-5-9-15-16(13)12-6-1-2-8-14(12)23(15)10-3-4-11-23/h1-2,5-9H,3-4,10-11H2. The van der Waals surface area contributed by atoms with Crippen LogP contribution < -0.4 is 0 Å². The van der Waals surface area contributed by atoms with Crippen molar-refractivity contribution in [2.75, 3.05) is 0 Å². The summed E-state index contributed by atoms with van der Waals surface area (Å²) in [5, 5.41) is 13.5. The molecule has 0 aliphatic heterocycles. The molecule has 1 saturated carbocycles. The van der Waals surface area contributed by atoms with Crippen LogP contribution in [0.15, 0.2) is 42.5 Å². The lowest BCUT2D eigenvalue weighted by molar-refractivity contribution is 0.550. The largest absolute Gasteiger partial charge is 0.261 e. The zero-order chi connectivity index (χ0) is 22.6. The third kappa shape index (κ3) is 2.21. The highest BCUT2D eigenvalue weighted by Gasteiger charge is 2.45. The van der Waals surface area contributed by atoms with Gasteiger partial charge in [-0.25, -0.2) is 0 Å². The Bertz CT molecular complexity index is 1730. The maximum absolute atomic E-state index is 6.12. The number of hydrogen-bond acceptors (Lipinski definition) is 6. The van der Waals surface area contributed by atoms with E-state index in [0.717, 1.165) is 18.4 Å². The van der Waals surface area contributed by atoms with E-state index in [2.05, 4.69) is 62.6 Å². The van der Waals surface area contributed by atoms with Gasteiger partial charge in [0.15, 0.2) is 5.82 Å². The highest BCUT2D eigenvalue weighted by molar-refractivity contribution is 6.28. The second-order valence-corrected chi connectivity index (χ2v) is 9.57. The predicted octanol–water partition coefficient (Wildman–Crippen LogP) is 4.63.